The van der Waals surface area contributed by atoms with Crippen molar-refractivity contribution in [1.29, 1.82) is 0 Å². The molecule has 0 amide bonds. The smallest absolute Gasteiger partial charge is 0.151 e. The monoisotopic (exact) mass is 279 g/mol. The van der Waals surface area contributed by atoms with E-state index in [1.54, 1.807) is 7.11 Å². The summed E-state index contributed by atoms with van der Waals surface area (Å²) < 4.78 is 27.9. The van der Waals surface area contributed by atoms with Gasteiger partial charge in [0.2, 0.25) is 0 Å². The summed E-state index contributed by atoms with van der Waals surface area (Å²) >= 11 is 0. The molecule has 7 nitrogen and oxygen atoms in total. The largest absolute Gasteiger partial charge is 0.409 e. The van der Waals surface area contributed by atoms with Crippen molar-refractivity contribution in [1.82, 2.24) is 4.90 Å². The standard InChI is InChI=1S/C10H21N3O4S/c1-17-6-5-13(4-2-10(11)12-14)9-3-7-18(15,16)8-9/h9,14H,2-8H2,1H3,(H2,11,12). The Kier molecular flexibility index (Phi) is 5.83. The molecule has 8 heteroatoms. The summed E-state index contributed by atoms with van der Waals surface area (Å²) in [4.78, 5) is 2.03. The SMILES string of the molecule is COCCN(CCC(N)=NO)C1CCS(=O)(=O)C1. The Balaban J connectivity index is 2.55. The van der Waals surface area contributed by atoms with Crippen molar-refractivity contribution in [2.24, 2.45) is 10.9 Å². The molecule has 1 unspecified atom stereocenters. The lowest BCUT2D eigenvalue weighted by molar-refractivity contribution is 0.128. The number of rotatable bonds is 7. The zero-order chi connectivity index (χ0) is 13.6. The van der Waals surface area contributed by atoms with Crippen LogP contribution in [0.2, 0.25) is 0 Å². The quantitative estimate of drug-likeness (QED) is 0.275. The number of oxime groups is 1. The summed E-state index contributed by atoms with van der Waals surface area (Å²) in [6.45, 7) is 1.75. The molecule has 3 N–H and O–H groups in total. The van der Waals surface area contributed by atoms with Crippen molar-refractivity contribution in [3.8, 4) is 0 Å². The number of ether oxygens (including phenoxy) is 1. The van der Waals surface area contributed by atoms with E-state index < -0.39 is 9.84 Å². The first-order valence-electron chi connectivity index (χ1n) is 5.88. The summed E-state index contributed by atoms with van der Waals surface area (Å²) in [6.07, 6.45) is 1.05. The van der Waals surface area contributed by atoms with Gasteiger partial charge in [-0.1, -0.05) is 5.16 Å². The van der Waals surface area contributed by atoms with Crippen molar-refractivity contribution >= 4 is 15.7 Å². The zero-order valence-corrected chi connectivity index (χ0v) is 11.4. The molecule has 0 aromatic heterocycles. The molecule has 18 heavy (non-hydrogen) atoms. The van der Waals surface area contributed by atoms with Crippen LogP contribution in [0.4, 0.5) is 0 Å². The molecular weight excluding hydrogens is 258 g/mol. The second-order valence-electron chi connectivity index (χ2n) is 4.43. The number of hydrogen-bond donors (Lipinski definition) is 2. The van der Waals surface area contributed by atoms with E-state index in [2.05, 4.69) is 5.16 Å². The third-order valence-electron chi connectivity index (χ3n) is 3.09. The highest BCUT2D eigenvalue weighted by Gasteiger charge is 2.31. The molecule has 0 saturated carbocycles. The van der Waals surface area contributed by atoms with E-state index in [1.165, 1.54) is 0 Å². The Morgan fingerprint density at radius 1 is 1.56 bits per heavy atom. The van der Waals surface area contributed by atoms with Crippen LogP contribution in [0.15, 0.2) is 5.16 Å². The van der Waals surface area contributed by atoms with Gasteiger partial charge in [0.1, 0.15) is 5.84 Å². The average molecular weight is 279 g/mol. The fourth-order valence-electron chi connectivity index (χ4n) is 2.06. The molecule has 1 aliphatic heterocycles. The highest BCUT2D eigenvalue weighted by Crippen LogP contribution is 2.17. The van der Waals surface area contributed by atoms with Crippen LogP contribution in [0, 0.1) is 0 Å². The van der Waals surface area contributed by atoms with Crippen molar-refractivity contribution < 1.29 is 18.4 Å². The fraction of sp³-hybridized carbons (Fsp3) is 0.900. The van der Waals surface area contributed by atoms with E-state index in [-0.39, 0.29) is 23.4 Å². The molecule has 0 bridgehead atoms. The summed E-state index contributed by atoms with van der Waals surface area (Å²) in [5.74, 6) is 0.579. The topological polar surface area (TPSA) is 105 Å². The van der Waals surface area contributed by atoms with E-state index in [0.29, 0.717) is 32.5 Å². The molecule has 1 fully saturated rings. The van der Waals surface area contributed by atoms with E-state index >= 15 is 0 Å². The van der Waals surface area contributed by atoms with Crippen LogP contribution in [0.25, 0.3) is 0 Å². The van der Waals surface area contributed by atoms with Gasteiger partial charge in [-0.15, -0.1) is 0 Å². The summed E-state index contributed by atoms with van der Waals surface area (Å²) in [7, 11) is -1.30. The molecule has 1 saturated heterocycles. The molecule has 0 aromatic carbocycles. The average Bonchev–Trinajstić information content (AvgIpc) is 2.69. The Labute approximate surface area is 108 Å². The van der Waals surface area contributed by atoms with E-state index in [0.717, 1.165) is 0 Å². The minimum Gasteiger partial charge on any atom is -0.409 e. The molecule has 1 rings (SSSR count). The highest BCUT2D eigenvalue weighted by atomic mass is 32.2. The predicted molar refractivity (Wildman–Crippen MR) is 68.5 cm³/mol. The third-order valence-corrected chi connectivity index (χ3v) is 4.84. The zero-order valence-electron chi connectivity index (χ0n) is 10.6. The van der Waals surface area contributed by atoms with Crippen LogP contribution in [-0.2, 0) is 14.6 Å². The van der Waals surface area contributed by atoms with Gasteiger partial charge in [0.05, 0.1) is 18.1 Å². The lowest BCUT2D eigenvalue weighted by Gasteiger charge is -2.27. The second-order valence-corrected chi connectivity index (χ2v) is 6.66. The number of hydrogen-bond acceptors (Lipinski definition) is 6. The van der Waals surface area contributed by atoms with Crippen LogP contribution in [0.3, 0.4) is 0 Å². The molecule has 0 spiro atoms. The molecule has 106 valence electrons. The molecular formula is C10H21N3O4S. The highest BCUT2D eigenvalue weighted by molar-refractivity contribution is 7.91. The van der Waals surface area contributed by atoms with Gasteiger partial charge in [0.25, 0.3) is 0 Å². The Hall–Kier alpha value is -0.860. The van der Waals surface area contributed by atoms with Crippen molar-refractivity contribution in [3.05, 3.63) is 0 Å². The lowest BCUT2D eigenvalue weighted by atomic mass is 10.2. The van der Waals surface area contributed by atoms with Gasteiger partial charge in [0, 0.05) is 32.7 Å². The van der Waals surface area contributed by atoms with Crippen LogP contribution >= 0.6 is 0 Å². The van der Waals surface area contributed by atoms with Crippen LogP contribution in [0.1, 0.15) is 12.8 Å². The first kappa shape index (κ1) is 15.2. The maximum atomic E-state index is 11.5. The minimum absolute atomic E-state index is 0.0108. The van der Waals surface area contributed by atoms with Gasteiger partial charge in [-0.25, -0.2) is 8.42 Å². The van der Waals surface area contributed by atoms with E-state index in [4.69, 9.17) is 15.7 Å². The van der Waals surface area contributed by atoms with E-state index in [9.17, 15) is 8.42 Å². The molecule has 1 heterocycles. The summed E-state index contributed by atoms with van der Waals surface area (Å²) in [5.41, 5.74) is 5.43. The van der Waals surface area contributed by atoms with Gasteiger partial charge in [-0.2, -0.15) is 0 Å². The number of nitrogens with two attached hydrogens (primary N) is 1. The third kappa shape index (κ3) is 4.79. The Morgan fingerprint density at radius 2 is 2.28 bits per heavy atom. The minimum atomic E-state index is -2.90. The number of nitrogens with zero attached hydrogens (tertiary/aromatic N) is 2. The van der Waals surface area contributed by atoms with Gasteiger partial charge < -0.3 is 15.7 Å². The predicted octanol–water partition coefficient (Wildman–Crippen LogP) is -0.742. The molecule has 1 aliphatic rings. The van der Waals surface area contributed by atoms with Gasteiger partial charge in [-0.05, 0) is 6.42 Å². The van der Waals surface area contributed by atoms with Crippen molar-refractivity contribution in [2.75, 3.05) is 38.3 Å². The van der Waals surface area contributed by atoms with Crippen molar-refractivity contribution in [3.63, 3.8) is 0 Å². The molecule has 0 aromatic rings. The van der Waals surface area contributed by atoms with Crippen LogP contribution in [0.5, 0.6) is 0 Å². The van der Waals surface area contributed by atoms with Gasteiger partial charge in [0.15, 0.2) is 9.84 Å². The molecule has 1 atom stereocenters. The molecule has 0 radical (unpaired) electrons. The van der Waals surface area contributed by atoms with Crippen molar-refractivity contribution in [2.45, 2.75) is 18.9 Å². The normalized spacial score (nSPS) is 23.7. The second kappa shape index (κ2) is 6.91. The van der Waals surface area contributed by atoms with Crippen LogP contribution in [-0.4, -0.2) is 68.7 Å². The lowest BCUT2D eigenvalue weighted by Crippen LogP contribution is -2.40. The van der Waals surface area contributed by atoms with Gasteiger partial charge >= 0.3 is 0 Å². The molecule has 0 aliphatic carbocycles. The summed E-state index contributed by atoms with van der Waals surface area (Å²) in [5, 5.41) is 11.4. The van der Waals surface area contributed by atoms with E-state index in [1.807, 2.05) is 4.90 Å². The van der Waals surface area contributed by atoms with Gasteiger partial charge in [-0.3, -0.25) is 4.90 Å². The fourth-order valence-corrected chi connectivity index (χ4v) is 3.82. The summed E-state index contributed by atoms with van der Waals surface area (Å²) in [6, 6.07) is 0.0108. The first-order valence-corrected chi connectivity index (χ1v) is 7.70. The number of amidine groups is 1. The number of sulfone groups is 1. The Morgan fingerprint density at radius 3 is 2.78 bits per heavy atom. The Bertz CT molecular complexity index is 383. The maximum Gasteiger partial charge on any atom is 0.151 e. The van der Waals surface area contributed by atoms with Crippen LogP contribution < -0.4 is 5.73 Å². The maximum absolute atomic E-state index is 11.5. The number of methoxy groups -OCH3 is 1. The first-order chi connectivity index (χ1) is 8.48.